The highest BCUT2D eigenvalue weighted by Crippen LogP contribution is 2.16. The second-order valence-corrected chi connectivity index (χ2v) is 13.5. The van der Waals surface area contributed by atoms with Crippen LogP contribution in [0.15, 0.2) is 23.3 Å². The Morgan fingerprint density at radius 3 is 2.42 bits per heavy atom. The van der Waals surface area contributed by atoms with E-state index in [1.165, 1.54) is 6.33 Å². The second kappa shape index (κ2) is 23.6. The molecule has 6 N–H and O–H groups in total. The Hall–Kier alpha value is -3.78. The number of esters is 2. The number of carbonyl (C=O) groups is 3. The predicted molar refractivity (Wildman–Crippen MR) is 194 cm³/mol. The van der Waals surface area contributed by atoms with Crippen LogP contribution in [-0.4, -0.2) is 68.8 Å². The Balaban J connectivity index is 1.61. The summed E-state index contributed by atoms with van der Waals surface area (Å²) < 4.78 is 18.3. The topological polar surface area (TPSA) is 207 Å². The molecular weight excluding hydrogens is 642 g/mol. The van der Waals surface area contributed by atoms with E-state index >= 15 is 0 Å². The highest BCUT2D eigenvalue weighted by molar-refractivity contribution is 5.87. The number of aromatic nitrogens is 4. The standard InChI is InChI=1S/C36H61N7O7/c1-6-7-8-15-18-27(50-35(47)30(26(4)5)40-33(45)29(37)25(2)3)19-16-13-11-9-10-12-14-17-20-28(44)49-22-21-48-24-43-23-39-31-32(43)41-36(38)42-34(31)46/h13,16,23,25-27,29-30H,6-12,14-15,17-22,24,37H2,1-5H3,(H,40,45)(H3,38,41,42,46)/b16-13-/t27-,29?,30?/m1/s1. The molecule has 14 heteroatoms. The lowest BCUT2D eigenvalue weighted by atomic mass is 10.0. The van der Waals surface area contributed by atoms with E-state index in [1.54, 1.807) is 4.57 Å². The van der Waals surface area contributed by atoms with E-state index in [0.717, 1.165) is 70.6 Å². The van der Waals surface area contributed by atoms with E-state index in [4.69, 9.17) is 25.7 Å². The molecule has 0 saturated heterocycles. The molecule has 0 aliphatic heterocycles. The Bertz CT molecular complexity index is 1390. The second-order valence-electron chi connectivity index (χ2n) is 13.5. The summed E-state index contributed by atoms with van der Waals surface area (Å²) in [6, 6.07) is -1.42. The van der Waals surface area contributed by atoms with E-state index < -0.39 is 23.6 Å². The Morgan fingerprint density at radius 1 is 0.980 bits per heavy atom. The van der Waals surface area contributed by atoms with Gasteiger partial charge in [0.2, 0.25) is 11.9 Å². The Morgan fingerprint density at radius 2 is 1.70 bits per heavy atom. The van der Waals surface area contributed by atoms with E-state index in [2.05, 4.69) is 39.3 Å². The highest BCUT2D eigenvalue weighted by atomic mass is 16.6. The number of rotatable bonds is 26. The van der Waals surface area contributed by atoms with Crippen molar-refractivity contribution in [2.45, 2.75) is 143 Å². The Labute approximate surface area is 296 Å². The van der Waals surface area contributed by atoms with Gasteiger partial charge in [0.1, 0.15) is 25.5 Å². The van der Waals surface area contributed by atoms with Gasteiger partial charge in [-0.2, -0.15) is 4.98 Å². The molecule has 0 spiro atoms. The Kier molecular flexibility index (Phi) is 20.0. The van der Waals surface area contributed by atoms with Crippen molar-refractivity contribution in [3.05, 3.63) is 28.8 Å². The summed E-state index contributed by atoms with van der Waals surface area (Å²) in [5.74, 6) is -1.15. The van der Waals surface area contributed by atoms with Crippen LogP contribution in [0.4, 0.5) is 5.95 Å². The number of aromatic amines is 1. The molecular formula is C36H61N7O7. The van der Waals surface area contributed by atoms with Crippen molar-refractivity contribution in [2.75, 3.05) is 18.9 Å². The van der Waals surface area contributed by atoms with Gasteiger partial charge >= 0.3 is 11.9 Å². The number of allylic oxidation sites excluding steroid dienone is 1. The molecule has 282 valence electrons. The van der Waals surface area contributed by atoms with Crippen LogP contribution >= 0.6 is 0 Å². The highest BCUT2D eigenvalue weighted by Gasteiger charge is 2.30. The van der Waals surface area contributed by atoms with Crippen molar-refractivity contribution < 1.29 is 28.6 Å². The minimum atomic E-state index is -0.737. The molecule has 0 radical (unpaired) electrons. The van der Waals surface area contributed by atoms with Crippen molar-refractivity contribution >= 4 is 35.0 Å². The molecule has 50 heavy (non-hydrogen) atoms. The van der Waals surface area contributed by atoms with E-state index in [-0.39, 0.29) is 61.2 Å². The molecule has 0 aromatic carbocycles. The third-order valence-corrected chi connectivity index (χ3v) is 8.43. The molecule has 0 bridgehead atoms. The number of carbonyl (C=O) groups excluding carboxylic acids is 3. The minimum Gasteiger partial charge on any atom is -0.463 e. The van der Waals surface area contributed by atoms with Gasteiger partial charge in [0.25, 0.3) is 5.56 Å². The zero-order chi connectivity index (χ0) is 36.9. The van der Waals surface area contributed by atoms with Gasteiger partial charge in [-0.05, 0) is 43.9 Å². The first kappa shape index (κ1) is 42.4. The maximum atomic E-state index is 13.1. The van der Waals surface area contributed by atoms with Crippen molar-refractivity contribution in [1.82, 2.24) is 24.8 Å². The number of nitrogens with one attached hydrogen (secondary N) is 2. The molecule has 2 aromatic heterocycles. The quantitative estimate of drug-likeness (QED) is 0.0589. The van der Waals surface area contributed by atoms with Crippen LogP contribution in [0, 0.1) is 11.8 Å². The van der Waals surface area contributed by atoms with Gasteiger partial charge in [0.15, 0.2) is 11.2 Å². The molecule has 1 amide bonds. The monoisotopic (exact) mass is 703 g/mol. The zero-order valence-corrected chi connectivity index (χ0v) is 30.8. The van der Waals surface area contributed by atoms with Crippen LogP contribution in [0.5, 0.6) is 0 Å². The zero-order valence-electron chi connectivity index (χ0n) is 30.8. The summed E-state index contributed by atoms with van der Waals surface area (Å²) in [5, 5.41) is 2.81. The number of nitrogen functional groups attached to an aromatic ring is 1. The first-order chi connectivity index (χ1) is 23.9. The fourth-order valence-corrected chi connectivity index (χ4v) is 5.25. The van der Waals surface area contributed by atoms with E-state index in [1.807, 2.05) is 27.7 Å². The molecule has 0 aliphatic rings. The number of hydrogen-bond donors (Lipinski definition) is 4. The molecule has 3 atom stereocenters. The molecule has 2 unspecified atom stereocenters. The lowest BCUT2D eigenvalue weighted by Gasteiger charge is -2.26. The van der Waals surface area contributed by atoms with Crippen molar-refractivity contribution in [3.63, 3.8) is 0 Å². The molecule has 0 fully saturated rings. The van der Waals surface area contributed by atoms with Gasteiger partial charge in [-0.25, -0.2) is 9.78 Å². The summed E-state index contributed by atoms with van der Waals surface area (Å²) in [6.07, 6.45) is 17.4. The smallest absolute Gasteiger partial charge is 0.329 e. The van der Waals surface area contributed by atoms with Crippen molar-refractivity contribution in [3.8, 4) is 0 Å². The van der Waals surface area contributed by atoms with Gasteiger partial charge in [0.05, 0.1) is 19.0 Å². The average Bonchev–Trinajstić information content (AvgIpc) is 3.47. The van der Waals surface area contributed by atoms with Crippen molar-refractivity contribution in [1.29, 1.82) is 0 Å². The van der Waals surface area contributed by atoms with E-state index in [0.29, 0.717) is 18.5 Å². The molecule has 2 rings (SSSR count). The van der Waals surface area contributed by atoms with Crippen LogP contribution < -0.4 is 22.3 Å². The van der Waals surface area contributed by atoms with Crippen LogP contribution in [0.1, 0.15) is 118 Å². The van der Waals surface area contributed by atoms with Crippen LogP contribution in [-0.2, 0) is 35.3 Å². The maximum absolute atomic E-state index is 13.1. The van der Waals surface area contributed by atoms with Crippen LogP contribution in [0.2, 0.25) is 0 Å². The largest absolute Gasteiger partial charge is 0.463 e. The number of amides is 1. The molecule has 2 heterocycles. The molecule has 0 aliphatic carbocycles. The van der Waals surface area contributed by atoms with Gasteiger partial charge in [-0.15, -0.1) is 0 Å². The molecule has 0 saturated carbocycles. The molecule has 14 nitrogen and oxygen atoms in total. The summed E-state index contributed by atoms with van der Waals surface area (Å²) in [5.41, 5.74) is 11.7. The number of H-pyrrole nitrogens is 1. The normalized spacial score (nSPS) is 13.6. The summed E-state index contributed by atoms with van der Waals surface area (Å²) in [4.78, 5) is 60.1. The number of ether oxygens (including phenoxy) is 3. The fourth-order valence-electron chi connectivity index (χ4n) is 5.25. The van der Waals surface area contributed by atoms with Gasteiger partial charge < -0.3 is 31.0 Å². The SMILES string of the molecule is CCCCCC[C@H](C/C=C\CCCCCCCC(=O)OCCOCn1cnc2c(=O)[nH]c(N)nc21)OC(=O)C(NC(=O)C(N)C(C)C)C(C)C. The van der Waals surface area contributed by atoms with Crippen LogP contribution in [0.25, 0.3) is 11.2 Å². The maximum Gasteiger partial charge on any atom is 0.329 e. The third-order valence-electron chi connectivity index (χ3n) is 8.43. The summed E-state index contributed by atoms with van der Waals surface area (Å²) in [6.45, 7) is 10.1. The lowest BCUT2D eigenvalue weighted by Crippen LogP contribution is -2.53. The van der Waals surface area contributed by atoms with Gasteiger partial charge in [-0.3, -0.25) is 23.9 Å². The van der Waals surface area contributed by atoms with Crippen molar-refractivity contribution in [2.24, 2.45) is 17.6 Å². The first-order valence-electron chi connectivity index (χ1n) is 18.3. The number of fused-ring (bicyclic) bond motifs is 1. The average molecular weight is 704 g/mol. The minimum absolute atomic E-state index is 0.00202. The van der Waals surface area contributed by atoms with E-state index in [9.17, 15) is 19.2 Å². The predicted octanol–water partition coefficient (Wildman–Crippen LogP) is 4.90. The number of hydrogen-bond acceptors (Lipinski definition) is 11. The number of unbranched alkanes of at least 4 members (excludes halogenated alkanes) is 8. The van der Waals surface area contributed by atoms with Gasteiger partial charge in [-0.1, -0.05) is 85.3 Å². The van der Waals surface area contributed by atoms with Gasteiger partial charge in [0, 0.05) is 12.8 Å². The summed E-state index contributed by atoms with van der Waals surface area (Å²) in [7, 11) is 0. The van der Waals surface area contributed by atoms with Crippen LogP contribution in [0.3, 0.4) is 0 Å². The first-order valence-corrected chi connectivity index (χ1v) is 18.3. The number of anilines is 1. The molecule has 2 aromatic rings. The number of nitrogens with two attached hydrogens (primary N) is 2. The summed E-state index contributed by atoms with van der Waals surface area (Å²) >= 11 is 0. The third kappa shape index (κ3) is 15.8. The number of nitrogens with zero attached hydrogens (tertiary/aromatic N) is 3. The number of imidazole rings is 1. The lowest BCUT2D eigenvalue weighted by molar-refractivity contribution is -0.154. The fraction of sp³-hybridized carbons (Fsp3) is 0.722.